The molecule has 5 atom stereocenters. The van der Waals surface area contributed by atoms with E-state index in [0.717, 1.165) is 32.1 Å². The van der Waals surface area contributed by atoms with Crippen molar-refractivity contribution >= 4 is 34.8 Å². The summed E-state index contributed by atoms with van der Waals surface area (Å²) in [5.74, 6) is -1.17. The number of fused-ring (bicyclic) bond motifs is 1. The van der Waals surface area contributed by atoms with Crippen molar-refractivity contribution in [3.63, 3.8) is 0 Å². The second-order valence-electron chi connectivity index (χ2n) is 14.0. The molecule has 0 bridgehead atoms. The van der Waals surface area contributed by atoms with Crippen molar-refractivity contribution in [2.45, 2.75) is 130 Å². The number of aliphatic hydroxyl groups is 2. The van der Waals surface area contributed by atoms with Crippen LogP contribution in [0.1, 0.15) is 98.5 Å². The van der Waals surface area contributed by atoms with Crippen molar-refractivity contribution < 1.29 is 63.7 Å². The Morgan fingerprint density at radius 3 is 2.19 bits per heavy atom. The van der Waals surface area contributed by atoms with E-state index in [0.29, 0.717) is 35.7 Å². The number of urea groups is 1. The molecule has 0 spiro atoms. The Bertz CT molecular complexity index is 1360. The van der Waals surface area contributed by atoms with Crippen molar-refractivity contribution in [1.82, 2.24) is 25.4 Å². The van der Waals surface area contributed by atoms with E-state index in [-0.39, 0.29) is 59.5 Å². The maximum absolute atomic E-state index is 14.1. The van der Waals surface area contributed by atoms with Gasteiger partial charge in [-0.05, 0) is 62.6 Å². The number of rotatable bonds is 13. The van der Waals surface area contributed by atoms with Crippen LogP contribution in [0.15, 0.2) is 30.5 Å². The van der Waals surface area contributed by atoms with Crippen LogP contribution in [-0.4, -0.2) is 80.9 Å². The van der Waals surface area contributed by atoms with Gasteiger partial charge in [0.05, 0.1) is 12.6 Å². The summed E-state index contributed by atoms with van der Waals surface area (Å²) in [5.41, 5.74) is 0.821. The van der Waals surface area contributed by atoms with Crippen molar-refractivity contribution in [3.05, 3.63) is 42.3 Å². The van der Waals surface area contributed by atoms with Crippen LogP contribution in [0.2, 0.25) is 0 Å². The Morgan fingerprint density at radius 1 is 0.979 bits per heavy atom. The van der Waals surface area contributed by atoms with Crippen LogP contribution in [0.25, 0.3) is 10.9 Å². The van der Waals surface area contributed by atoms with Gasteiger partial charge in [-0.25, -0.2) is 9.59 Å². The summed E-state index contributed by atoms with van der Waals surface area (Å²) in [7, 11) is 1.28. The number of hydrogen-bond acceptors (Lipinski definition) is 7. The van der Waals surface area contributed by atoms with Crippen molar-refractivity contribution in [3.8, 4) is 0 Å². The number of carbonyl (C=O) groups excluding carboxylic acids is 4. The SMILES string of the molecule is CCCCCC(NC(=O)[C@H](Cc1cn(C(=O)OC)c2ccccc12)NC(=O)[C@@H](CC(C)(C)C)NC(=O)N1[C@H](C)CCC[C@@H]1C)[C-](O)O.[Na+]. The molecule has 1 aliphatic heterocycles. The van der Waals surface area contributed by atoms with E-state index in [2.05, 4.69) is 16.0 Å². The summed E-state index contributed by atoms with van der Waals surface area (Å²) >= 11 is 0. The zero-order valence-electron chi connectivity index (χ0n) is 30.0. The summed E-state index contributed by atoms with van der Waals surface area (Å²) in [4.78, 5) is 55.9. The first-order chi connectivity index (χ1) is 22.2. The number of amides is 4. The predicted molar refractivity (Wildman–Crippen MR) is 180 cm³/mol. The molecule has 2 heterocycles. The molecule has 262 valence electrons. The standard InChI is InChI=1S/C35H54N5O7.Na/c1-8-9-10-17-26(32(43)44)36-30(41)27(19-24-21-39(34(46)47-7)29-18-12-11-16-25(24)29)37-31(42)28(20-35(4,5)6)38-33(45)40-22(2)14-13-15-23(40)3;/h11-12,16,18,21-23,26-28,43-44H,8-10,13-15,17,19-20H2,1-7H3,(H,36,41)(H,37,42)(H,38,45);/q-1;+1/t22-,23+,26?,27-,28+;/m0./s1. The van der Waals surface area contributed by atoms with Crippen LogP contribution >= 0.6 is 0 Å². The molecule has 1 aliphatic rings. The summed E-state index contributed by atoms with van der Waals surface area (Å²) < 4.78 is 6.29. The second kappa shape index (κ2) is 18.9. The summed E-state index contributed by atoms with van der Waals surface area (Å²) in [6, 6.07) is 3.71. The molecule has 12 nitrogen and oxygen atoms in total. The van der Waals surface area contributed by atoms with Gasteiger partial charge in [-0.1, -0.05) is 77.9 Å². The van der Waals surface area contributed by atoms with E-state index in [4.69, 9.17) is 4.74 Å². The number of likely N-dealkylation sites (tertiary alicyclic amines) is 1. The third kappa shape index (κ3) is 11.5. The molecule has 1 unspecified atom stereocenters. The van der Waals surface area contributed by atoms with Gasteiger partial charge in [0.25, 0.3) is 0 Å². The van der Waals surface area contributed by atoms with Gasteiger partial charge in [0, 0.05) is 30.1 Å². The smallest absolute Gasteiger partial charge is 0.534 e. The third-order valence-corrected chi connectivity index (χ3v) is 8.81. The van der Waals surface area contributed by atoms with Crippen LogP contribution in [0.4, 0.5) is 9.59 Å². The fourth-order valence-electron chi connectivity index (χ4n) is 6.37. The maximum Gasteiger partial charge on any atom is 1.00 e. The van der Waals surface area contributed by atoms with Gasteiger partial charge >= 0.3 is 41.7 Å². The average Bonchev–Trinajstić information content (AvgIpc) is 3.37. The second-order valence-corrected chi connectivity index (χ2v) is 14.0. The van der Waals surface area contributed by atoms with E-state index in [9.17, 15) is 29.4 Å². The minimum absolute atomic E-state index is 0. The van der Waals surface area contributed by atoms with Gasteiger partial charge in [0.1, 0.15) is 12.1 Å². The van der Waals surface area contributed by atoms with Gasteiger partial charge in [-0.15, -0.1) is 0 Å². The summed E-state index contributed by atoms with van der Waals surface area (Å²) in [5, 5.41) is 29.2. The minimum Gasteiger partial charge on any atom is -0.534 e. The molecule has 0 radical (unpaired) electrons. The first-order valence-electron chi connectivity index (χ1n) is 16.8. The molecule has 2 aromatic rings. The number of aromatic nitrogens is 1. The van der Waals surface area contributed by atoms with Crippen LogP contribution in [0.3, 0.4) is 0 Å². The Morgan fingerprint density at radius 2 is 1.60 bits per heavy atom. The monoisotopic (exact) mass is 679 g/mol. The number of nitrogens with one attached hydrogen (secondary N) is 3. The number of benzene rings is 1. The molecule has 1 saturated heterocycles. The van der Waals surface area contributed by atoms with Gasteiger partial charge in [0.2, 0.25) is 11.8 Å². The minimum atomic E-state index is -1.18. The van der Waals surface area contributed by atoms with E-state index in [1.165, 1.54) is 11.7 Å². The molecule has 0 saturated carbocycles. The Hall–Kier alpha value is -2.64. The topological polar surface area (TPSA) is 162 Å². The number of nitrogens with zero attached hydrogens (tertiary/aromatic N) is 2. The fraction of sp³-hybridized carbons (Fsp3) is 0.629. The quantitative estimate of drug-likeness (QED) is 0.123. The Kier molecular flexibility index (Phi) is 16.4. The molecule has 1 aromatic heterocycles. The maximum atomic E-state index is 14.1. The number of piperidine rings is 1. The molecule has 48 heavy (non-hydrogen) atoms. The Labute approximate surface area is 307 Å². The molecule has 3 rings (SSSR count). The molecule has 13 heteroatoms. The van der Waals surface area contributed by atoms with Crippen LogP contribution < -0.4 is 45.5 Å². The van der Waals surface area contributed by atoms with Gasteiger partial charge in [-0.3, -0.25) is 14.2 Å². The Balaban J connectivity index is 0.00000800. The van der Waals surface area contributed by atoms with Crippen LogP contribution in [0, 0.1) is 11.7 Å². The van der Waals surface area contributed by atoms with E-state index >= 15 is 0 Å². The van der Waals surface area contributed by atoms with Gasteiger partial charge in [0.15, 0.2) is 0 Å². The molecule has 1 aromatic carbocycles. The molecule has 5 N–H and O–H groups in total. The van der Waals surface area contributed by atoms with E-state index in [1.54, 1.807) is 29.3 Å². The molecular weight excluding hydrogens is 625 g/mol. The van der Waals surface area contributed by atoms with Crippen LogP contribution in [-0.2, 0) is 20.7 Å². The summed E-state index contributed by atoms with van der Waals surface area (Å²) in [6.45, 7) is 11.9. The van der Waals surface area contributed by atoms with E-state index in [1.807, 2.05) is 47.6 Å². The van der Waals surface area contributed by atoms with Crippen molar-refractivity contribution in [2.75, 3.05) is 7.11 Å². The molecular formula is C35H54N5NaO7. The first kappa shape index (κ1) is 41.5. The number of aliphatic hydroxyl groups excluding tert-OH is 1. The third-order valence-electron chi connectivity index (χ3n) is 8.81. The normalized spacial score (nSPS) is 18.4. The first-order valence-corrected chi connectivity index (χ1v) is 16.8. The van der Waals surface area contributed by atoms with E-state index < -0.39 is 42.3 Å². The number of unbranched alkanes of at least 4 members (excludes halogenated alkanes) is 2. The molecule has 0 aliphatic carbocycles. The number of ether oxygens (including phenoxy) is 1. The van der Waals surface area contributed by atoms with Crippen molar-refractivity contribution in [2.24, 2.45) is 5.41 Å². The number of methoxy groups -OCH3 is 1. The fourth-order valence-corrected chi connectivity index (χ4v) is 6.37. The largest absolute Gasteiger partial charge is 1.00 e. The van der Waals surface area contributed by atoms with Crippen molar-refractivity contribution in [1.29, 1.82) is 0 Å². The van der Waals surface area contributed by atoms with Crippen LogP contribution in [0.5, 0.6) is 0 Å². The average molecular weight is 680 g/mol. The number of carbonyl (C=O) groups is 4. The van der Waals surface area contributed by atoms with Gasteiger partial charge in [-0.2, -0.15) is 0 Å². The zero-order chi connectivity index (χ0) is 34.9. The number of hydrogen-bond donors (Lipinski definition) is 5. The molecule has 4 amide bonds. The van der Waals surface area contributed by atoms with Gasteiger partial charge < -0.3 is 35.8 Å². The number of para-hydroxylation sites is 1. The zero-order valence-corrected chi connectivity index (χ0v) is 32.0. The predicted octanol–water partition coefficient (Wildman–Crippen LogP) is 2.36. The summed E-state index contributed by atoms with van der Waals surface area (Å²) in [6.07, 6.45) is 5.84. The molecule has 1 fully saturated rings.